The molecule has 0 atom stereocenters. The first kappa shape index (κ1) is 13.2. The number of piperazine rings is 1. The zero-order valence-corrected chi connectivity index (χ0v) is 12.0. The Hall–Kier alpha value is -1.21. The van der Waals surface area contributed by atoms with Crippen molar-refractivity contribution >= 4 is 45.2 Å². The number of nitrogens with zero attached hydrogens (tertiary/aromatic N) is 3. The van der Waals surface area contributed by atoms with Gasteiger partial charge < -0.3 is 4.90 Å². The average molecular weight is 334 g/mol. The van der Waals surface area contributed by atoms with E-state index >= 15 is 0 Å². The highest BCUT2D eigenvalue weighted by Crippen LogP contribution is 2.31. The molecule has 1 saturated heterocycles. The molecule has 1 aliphatic rings. The van der Waals surface area contributed by atoms with Crippen molar-refractivity contribution in [1.29, 1.82) is 0 Å². The summed E-state index contributed by atoms with van der Waals surface area (Å²) in [6, 6.07) is 0. The number of nitrogens with one attached hydrogen (secondary N) is 1. The summed E-state index contributed by atoms with van der Waals surface area (Å²) in [5, 5.41) is 2.35. The fourth-order valence-corrected chi connectivity index (χ4v) is 2.18. The number of amides is 2. The molecule has 1 fully saturated rings. The Labute approximate surface area is 117 Å². The summed E-state index contributed by atoms with van der Waals surface area (Å²) in [4.78, 5) is 32.8. The van der Waals surface area contributed by atoms with Crippen LogP contribution >= 0.6 is 27.5 Å². The van der Waals surface area contributed by atoms with E-state index in [1.165, 1.54) is 6.20 Å². The molecule has 0 spiro atoms. The van der Waals surface area contributed by atoms with Crippen molar-refractivity contribution in [3.05, 3.63) is 16.0 Å². The number of aromatic nitrogens is 2. The molecule has 1 aromatic heterocycles. The minimum atomic E-state index is -0.895. The number of rotatable bonds is 1. The SMILES string of the molecule is CC1(C)C(=O)NC(=O)CN1c1nc(Cl)ncc1Br. The van der Waals surface area contributed by atoms with Gasteiger partial charge in [0.15, 0.2) is 0 Å². The van der Waals surface area contributed by atoms with Gasteiger partial charge in [0.25, 0.3) is 5.91 Å². The summed E-state index contributed by atoms with van der Waals surface area (Å²) in [6.45, 7) is 3.44. The Morgan fingerprint density at radius 2 is 2.17 bits per heavy atom. The molecule has 0 radical (unpaired) electrons. The first-order valence-electron chi connectivity index (χ1n) is 5.12. The minimum Gasteiger partial charge on any atom is -0.332 e. The first-order chi connectivity index (χ1) is 8.32. The monoisotopic (exact) mass is 332 g/mol. The lowest BCUT2D eigenvalue weighted by Gasteiger charge is -2.41. The van der Waals surface area contributed by atoms with Gasteiger partial charge in [-0.25, -0.2) is 4.98 Å². The molecule has 1 aromatic rings. The predicted molar refractivity (Wildman–Crippen MR) is 69.3 cm³/mol. The number of halogens is 2. The predicted octanol–water partition coefficient (Wildman–Crippen LogP) is 1.13. The van der Waals surface area contributed by atoms with Crippen LogP contribution in [-0.2, 0) is 9.59 Å². The van der Waals surface area contributed by atoms with Crippen molar-refractivity contribution < 1.29 is 9.59 Å². The van der Waals surface area contributed by atoms with E-state index < -0.39 is 5.54 Å². The van der Waals surface area contributed by atoms with Crippen molar-refractivity contribution in [3.8, 4) is 0 Å². The number of hydrogen-bond donors (Lipinski definition) is 1. The smallest absolute Gasteiger partial charge is 0.251 e. The van der Waals surface area contributed by atoms with Gasteiger partial charge >= 0.3 is 0 Å². The van der Waals surface area contributed by atoms with E-state index in [0.717, 1.165) is 0 Å². The number of anilines is 1. The van der Waals surface area contributed by atoms with E-state index in [1.807, 2.05) is 0 Å². The molecule has 6 nitrogen and oxygen atoms in total. The lowest BCUT2D eigenvalue weighted by Crippen LogP contribution is -2.64. The fraction of sp³-hybridized carbons (Fsp3) is 0.400. The van der Waals surface area contributed by atoms with Crippen LogP contribution in [0.4, 0.5) is 5.82 Å². The zero-order chi connectivity index (χ0) is 13.5. The molecule has 1 N–H and O–H groups in total. The van der Waals surface area contributed by atoms with Gasteiger partial charge in [-0.15, -0.1) is 0 Å². The highest BCUT2D eigenvalue weighted by Gasteiger charge is 2.42. The second kappa shape index (κ2) is 4.47. The van der Waals surface area contributed by atoms with Crippen molar-refractivity contribution in [3.63, 3.8) is 0 Å². The highest BCUT2D eigenvalue weighted by atomic mass is 79.9. The van der Waals surface area contributed by atoms with E-state index in [1.54, 1.807) is 18.7 Å². The van der Waals surface area contributed by atoms with Crippen molar-refractivity contribution in [2.75, 3.05) is 11.4 Å². The Balaban J connectivity index is 2.50. The average Bonchev–Trinajstić information content (AvgIpc) is 2.27. The highest BCUT2D eigenvalue weighted by molar-refractivity contribution is 9.10. The van der Waals surface area contributed by atoms with Crippen LogP contribution in [0, 0.1) is 0 Å². The van der Waals surface area contributed by atoms with Gasteiger partial charge in [-0.05, 0) is 41.4 Å². The summed E-state index contributed by atoms with van der Waals surface area (Å²) in [6.07, 6.45) is 1.48. The Bertz CT molecular complexity index is 535. The lowest BCUT2D eigenvalue weighted by molar-refractivity contribution is -0.135. The number of carbonyl (C=O) groups is 2. The minimum absolute atomic E-state index is 0.0324. The van der Waals surface area contributed by atoms with E-state index in [9.17, 15) is 9.59 Å². The van der Waals surface area contributed by atoms with Crippen molar-refractivity contribution in [2.45, 2.75) is 19.4 Å². The molecular weight excluding hydrogens is 323 g/mol. The normalized spacial score (nSPS) is 18.8. The van der Waals surface area contributed by atoms with E-state index in [4.69, 9.17) is 11.6 Å². The Kier molecular flexibility index (Phi) is 3.29. The number of hydrogen-bond acceptors (Lipinski definition) is 5. The molecule has 18 heavy (non-hydrogen) atoms. The molecular formula is C10H10BrClN4O2. The summed E-state index contributed by atoms with van der Waals surface area (Å²) >= 11 is 9.04. The summed E-state index contributed by atoms with van der Waals surface area (Å²) in [5.74, 6) is -0.329. The third-order valence-electron chi connectivity index (χ3n) is 2.74. The Morgan fingerprint density at radius 1 is 1.50 bits per heavy atom. The van der Waals surface area contributed by atoms with Crippen LogP contribution in [0.25, 0.3) is 0 Å². The molecule has 2 amide bonds. The molecule has 2 rings (SSSR count). The molecule has 2 heterocycles. The van der Waals surface area contributed by atoms with Crippen LogP contribution in [0.15, 0.2) is 10.7 Å². The van der Waals surface area contributed by atoms with Crippen molar-refractivity contribution in [1.82, 2.24) is 15.3 Å². The van der Waals surface area contributed by atoms with Crippen LogP contribution in [0.2, 0.25) is 5.28 Å². The van der Waals surface area contributed by atoms with E-state index in [0.29, 0.717) is 10.3 Å². The van der Waals surface area contributed by atoms with Crippen molar-refractivity contribution in [2.24, 2.45) is 0 Å². The zero-order valence-electron chi connectivity index (χ0n) is 9.70. The van der Waals surface area contributed by atoms with E-state index in [-0.39, 0.29) is 23.6 Å². The maximum absolute atomic E-state index is 11.8. The second-order valence-electron chi connectivity index (χ2n) is 4.33. The van der Waals surface area contributed by atoms with Gasteiger partial charge in [-0.2, -0.15) is 4.98 Å². The molecule has 1 aliphatic heterocycles. The van der Waals surface area contributed by atoms with Gasteiger partial charge in [0, 0.05) is 6.20 Å². The number of carbonyl (C=O) groups excluding carboxylic acids is 2. The Morgan fingerprint density at radius 3 is 2.83 bits per heavy atom. The maximum Gasteiger partial charge on any atom is 0.251 e. The van der Waals surface area contributed by atoms with Gasteiger partial charge in [-0.1, -0.05) is 0 Å². The topological polar surface area (TPSA) is 75.2 Å². The van der Waals surface area contributed by atoms with E-state index in [2.05, 4.69) is 31.2 Å². The van der Waals surface area contributed by atoms with Crippen LogP contribution in [0.5, 0.6) is 0 Å². The molecule has 8 heteroatoms. The summed E-state index contributed by atoms with van der Waals surface area (Å²) in [5.41, 5.74) is -0.895. The third kappa shape index (κ3) is 2.20. The summed E-state index contributed by atoms with van der Waals surface area (Å²) in [7, 11) is 0. The molecule has 96 valence electrons. The van der Waals surface area contributed by atoms with Crippen LogP contribution in [-0.4, -0.2) is 33.9 Å². The maximum atomic E-state index is 11.8. The lowest BCUT2D eigenvalue weighted by atomic mass is 9.99. The van der Waals surface area contributed by atoms with Gasteiger partial charge in [-0.3, -0.25) is 14.9 Å². The molecule has 0 unspecified atom stereocenters. The standard InChI is InChI=1S/C10H10BrClN4O2/c1-10(2)8(18)14-6(17)4-16(10)7-5(11)3-13-9(12)15-7/h3H,4H2,1-2H3,(H,14,17,18). The molecule has 0 aromatic carbocycles. The summed E-state index contributed by atoms with van der Waals surface area (Å²) < 4.78 is 0.572. The van der Waals surface area contributed by atoms with Gasteiger partial charge in [0.05, 0.1) is 11.0 Å². The molecule has 0 bridgehead atoms. The second-order valence-corrected chi connectivity index (χ2v) is 5.53. The quantitative estimate of drug-likeness (QED) is 0.616. The largest absolute Gasteiger partial charge is 0.332 e. The van der Waals surface area contributed by atoms with Crippen LogP contribution < -0.4 is 10.2 Å². The molecule has 0 saturated carbocycles. The van der Waals surface area contributed by atoms with Crippen LogP contribution in [0.3, 0.4) is 0 Å². The number of imide groups is 1. The van der Waals surface area contributed by atoms with Gasteiger partial charge in [0.1, 0.15) is 11.4 Å². The van der Waals surface area contributed by atoms with Crippen LogP contribution in [0.1, 0.15) is 13.8 Å². The third-order valence-corrected chi connectivity index (χ3v) is 3.48. The van der Waals surface area contributed by atoms with Gasteiger partial charge in [0.2, 0.25) is 11.2 Å². The fourth-order valence-electron chi connectivity index (χ4n) is 1.65. The molecule has 0 aliphatic carbocycles. The first-order valence-corrected chi connectivity index (χ1v) is 6.29.